The minimum Gasteiger partial charge on any atom is -0.479 e. The van der Waals surface area contributed by atoms with Crippen molar-refractivity contribution < 1.29 is 28.1 Å². The van der Waals surface area contributed by atoms with E-state index in [0.29, 0.717) is 22.1 Å². The van der Waals surface area contributed by atoms with Crippen LogP contribution >= 0.6 is 23.2 Å². The number of ether oxygens (including phenoxy) is 4. The zero-order valence-electron chi connectivity index (χ0n) is 17.1. The van der Waals surface area contributed by atoms with Crippen molar-refractivity contribution in [2.45, 2.75) is 19.6 Å². The average molecular weight is 480 g/mol. The van der Waals surface area contributed by atoms with Crippen molar-refractivity contribution in [3.05, 3.63) is 82.2 Å². The minimum absolute atomic E-state index is 0.0304. The van der Waals surface area contributed by atoms with Gasteiger partial charge >= 0.3 is 5.97 Å². The van der Waals surface area contributed by atoms with E-state index in [2.05, 4.69) is 4.98 Å². The molecule has 0 aliphatic rings. The third-order valence-electron chi connectivity index (χ3n) is 4.14. The number of nitrogens with zero attached hydrogens (tertiary/aromatic N) is 1. The molecule has 0 spiro atoms. The number of esters is 1. The van der Waals surface area contributed by atoms with E-state index in [1.54, 1.807) is 49.4 Å². The van der Waals surface area contributed by atoms with Crippen molar-refractivity contribution in [3.63, 3.8) is 0 Å². The monoisotopic (exact) mass is 479 g/mol. The van der Waals surface area contributed by atoms with Crippen molar-refractivity contribution in [3.8, 4) is 17.4 Å². The molecule has 1 atom stereocenters. The van der Waals surface area contributed by atoms with Crippen molar-refractivity contribution in [1.29, 1.82) is 0 Å². The van der Waals surface area contributed by atoms with Crippen LogP contribution in [0.3, 0.4) is 0 Å². The Morgan fingerprint density at radius 1 is 1.06 bits per heavy atom. The summed E-state index contributed by atoms with van der Waals surface area (Å²) in [6, 6.07) is 14.4. The Morgan fingerprint density at radius 2 is 1.78 bits per heavy atom. The highest BCUT2D eigenvalue weighted by Crippen LogP contribution is 2.30. The zero-order chi connectivity index (χ0) is 22.9. The maximum Gasteiger partial charge on any atom is 0.347 e. The molecular formula is C23H20Cl2FNO5. The molecule has 2 aromatic carbocycles. The summed E-state index contributed by atoms with van der Waals surface area (Å²) in [4.78, 5) is 16.1. The number of benzene rings is 2. The number of pyridine rings is 1. The van der Waals surface area contributed by atoms with E-state index in [1.807, 2.05) is 0 Å². The van der Waals surface area contributed by atoms with E-state index in [4.69, 9.17) is 42.1 Å². The molecule has 0 saturated heterocycles. The number of carbonyl (C=O) groups is 1. The lowest BCUT2D eigenvalue weighted by Gasteiger charge is -2.14. The van der Waals surface area contributed by atoms with Gasteiger partial charge in [0.15, 0.2) is 6.10 Å². The number of rotatable bonds is 10. The van der Waals surface area contributed by atoms with Crippen LogP contribution in [-0.2, 0) is 20.9 Å². The number of carbonyl (C=O) groups excluding carboxylic acids is 1. The first kappa shape index (κ1) is 23.8. The highest BCUT2D eigenvalue weighted by Gasteiger charge is 2.16. The maximum atomic E-state index is 13.5. The fourth-order valence-corrected chi connectivity index (χ4v) is 2.96. The summed E-state index contributed by atoms with van der Waals surface area (Å²) in [6.45, 7) is 1.84. The third-order valence-corrected chi connectivity index (χ3v) is 4.62. The van der Waals surface area contributed by atoms with Gasteiger partial charge in [-0.15, -0.1) is 0 Å². The third kappa shape index (κ3) is 7.09. The van der Waals surface area contributed by atoms with Crippen LogP contribution in [0.5, 0.6) is 17.4 Å². The smallest absolute Gasteiger partial charge is 0.347 e. The molecule has 0 aliphatic heterocycles. The topological polar surface area (TPSA) is 66.9 Å². The first-order valence-electron chi connectivity index (χ1n) is 9.66. The Balaban J connectivity index is 1.40. The fraction of sp³-hybridized carbons (Fsp3) is 0.217. The maximum absolute atomic E-state index is 13.5. The predicted molar refractivity (Wildman–Crippen MR) is 118 cm³/mol. The molecule has 0 N–H and O–H groups in total. The number of hydrogen-bond acceptors (Lipinski definition) is 6. The summed E-state index contributed by atoms with van der Waals surface area (Å²) < 4.78 is 35.1. The molecule has 32 heavy (non-hydrogen) atoms. The predicted octanol–water partition coefficient (Wildman–Crippen LogP) is 5.85. The van der Waals surface area contributed by atoms with E-state index < -0.39 is 12.1 Å². The molecule has 3 rings (SSSR count). The lowest BCUT2D eigenvalue weighted by atomic mass is 10.2. The highest BCUT2D eigenvalue weighted by atomic mass is 35.5. The minimum atomic E-state index is -0.833. The van der Waals surface area contributed by atoms with Gasteiger partial charge in [-0.1, -0.05) is 41.4 Å². The molecule has 1 aromatic heterocycles. The van der Waals surface area contributed by atoms with Crippen LogP contribution in [0.1, 0.15) is 12.5 Å². The second-order valence-corrected chi connectivity index (χ2v) is 7.43. The van der Waals surface area contributed by atoms with Crippen molar-refractivity contribution in [2.75, 3.05) is 13.2 Å². The van der Waals surface area contributed by atoms with Gasteiger partial charge in [0.05, 0.1) is 18.2 Å². The van der Waals surface area contributed by atoms with Gasteiger partial charge in [-0.05, 0) is 43.3 Å². The summed E-state index contributed by atoms with van der Waals surface area (Å²) in [5.74, 6) is 0.274. The van der Waals surface area contributed by atoms with Gasteiger partial charge in [0.1, 0.15) is 28.9 Å². The lowest BCUT2D eigenvalue weighted by molar-refractivity contribution is -0.152. The molecule has 0 aliphatic carbocycles. The van der Waals surface area contributed by atoms with E-state index >= 15 is 0 Å². The van der Waals surface area contributed by atoms with Crippen LogP contribution < -0.4 is 9.47 Å². The number of hydrogen-bond donors (Lipinski definition) is 0. The molecule has 0 radical (unpaired) electrons. The van der Waals surface area contributed by atoms with Crippen LogP contribution in [0.4, 0.5) is 4.39 Å². The molecule has 1 unspecified atom stereocenters. The van der Waals surface area contributed by atoms with Gasteiger partial charge in [0, 0.05) is 11.8 Å². The fourth-order valence-electron chi connectivity index (χ4n) is 2.54. The van der Waals surface area contributed by atoms with Gasteiger partial charge in [-0.25, -0.2) is 14.2 Å². The lowest BCUT2D eigenvalue weighted by Crippen LogP contribution is -2.27. The molecule has 0 bridgehead atoms. The van der Waals surface area contributed by atoms with Gasteiger partial charge in [0.2, 0.25) is 5.88 Å². The highest BCUT2D eigenvalue weighted by molar-refractivity contribution is 6.35. The zero-order valence-corrected chi connectivity index (χ0v) is 18.6. The van der Waals surface area contributed by atoms with Crippen LogP contribution in [0.2, 0.25) is 10.0 Å². The van der Waals surface area contributed by atoms with Crippen LogP contribution in [-0.4, -0.2) is 30.3 Å². The SMILES string of the molecule is CC(Oc1ccc(Oc2ncc(Cl)cc2Cl)cc1)C(=O)OCCOCc1ccccc1F. The normalized spacial score (nSPS) is 11.6. The van der Waals surface area contributed by atoms with E-state index in [-0.39, 0.29) is 36.5 Å². The van der Waals surface area contributed by atoms with E-state index in [1.165, 1.54) is 18.3 Å². The Labute approximate surface area is 194 Å². The quantitative estimate of drug-likeness (QED) is 0.268. The van der Waals surface area contributed by atoms with Crippen LogP contribution in [0, 0.1) is 5.82 Å². The largest absolute Gasteiger partial charge is 0.479 e. The van der Waals surface area contributed by atoms with Gasteiger partial charge in [0.25, 0.3) is 0 Å². The Kier molecular flexibility index (Phi) is 8.67. The van der Waals surface area contributed by atoms with E-state index in [0.717, 1.165) is 0 Å². The molecule has 0 saturated carbocycles. The van der Waals surface area contributed by atoms with Gasteiger partial charge in [-0.2, -0.15) is 0 Å². The molecular weight excluding hydrogens is 460 g/mol. The standard InChI is InChI=1S/C23H20Cl2FNO5/c1-15(23(28)30-11-10-29-14-16-4-2-3-5-21(16)26)31-18-6-8-19(9-7-18)32-22-20(25)12-17(24)13-27-22/h2-9,12-13,15H,10-11,14H2,1H3. The summed E-state index contributed by atoms with van der Waals surface area (Å²) in [5, 5.41) is 0.690. The van der Waals surface area contributed by atoms with E-state index in [9.17, 15) is 9.18 Å². The number of aromatic nitrogens is 1. The second-order valence-electron chi connectivity index (χ2n) is 6.59. The Morgan fingerprint density at radius 3 is 2.50 bits per heavy atom. The summed E-state index contributed by atoms with van der Waals surface area (Å²) in [6.07, 6.45) is 0.596. The first-order chi connectivity index (χ1) is 15.4. The average Bonchev–Trinajstić information content (AvgIpc) is 2.77. The Hall–Kier alpha value is -2.87. The molecule has 0 fully saturated rings. The molecule has 1 heterocycles. The Bertz CT molecular complexity index is 1050. The van der Waals surface area contributed by atoms with Crippen LogP contribution in [0.15, 0.2) is 60.8 Å². The van der Waals surface area contributed by atoms with Gasteiger partial charge in [-0.3, -0.25) is 0 Å². The summed E-state index contributed by atoms with van der Waals surface area (Å²) in [7, 11) is 0. The molecule has 168 valence electrons. The number of halogens is 3. The second kappa shape index (κ2) is 11.7. The van der Waals surface area contributed by atoms with Gasteiger partial charge < -0.3 is 18.9 Å². The summed E-state index contributed by atoms with van der Waals surface area (Å²) in [5.41, 5.74) is 0.442. The van der Waals surface area contributed by atoms with Crippen LogP contribution in [0.25, 0.3) is 0 Å². The molecule has 0 amide bonds. The molecule has 3 aromatic rings. The molecule has 9 heteroatoms. The van der Waals surface area contributed by atoms with Crippen molar-refractivity contribution >= 4 is 29.2 Å². The van der Waals surface area contributed by atoms with Crippen molar-refractivity contribution in [1.82, 2.24) is 4.98 Å². The first-order valence-corrected chi connectivity index (χ1v) is 10.4. The summed E-state index contributed by atoms with van der Waals surface area (Å²) >= 11 is 11.9. The molecule has 6 nitrogen and oxygen atoms in total. The van der Waals surface area contributed by atoms with Crippen molar-refractivity contribution in [2.24, 2.45) is 0 Å².